The molecule has 1 aromatic carbocycles. The molecule has 2 unspecified atom stereocenters. The fourth-order valence-corrected chi connectivity index (χ4v) is 3.69. The van der Waals surface area contributed by atoms with Gasteiger partial charge in [-0.25, -0.2) is 0 Å². The van der Waals surface area contributed by atoms with Crippen molar-refractivity contribution in [3.8, 4) is 5.75 Å². The molecule has 2 atom stereocenters. The number of nitrogens with zero attached hydrogens (tertiary/aromatic N) is 2. The molecule has 1 saturated carbocycles. The number of aliphatic imine (C=N–C) groups is 1. The summed E-state index contributed by atoms with van der Waals surface area (Å²) >= 11 is 0. The minimum Gasteiger partial charge on any atom is -0.497 e. The van der Waals surface area contributed by atoms with Crippen LogP contribution in [0.4, 0.5) is 5.69 Å². The molecule has 1 heterocycles. The van der Waals surface area contributed by atoms with Gasteiger partial charge in [0.25, 0.3) is 0 Å². The predicted molar refractivity (Wildman–Crippen MR) is 82.3 cm³/mol. The zero-order valence-electron chi connectivity index (χ0n) is 12.3. The predicted octanol–water partition coefficient (Wildman–Crippen LogP) is 2.78. The topological polar surface area (TPSA) is 50.9 Å². The normalized spacial score (nSPS) is 29.6. The van der Waals surface area contributed by atoms with Crippen LogP contribution in [0.3, 0.4) is 0 Å². The Morgan fingerprint density at radius 1 is 1.40 bits per heavy atom. The Bertz CT molecular complexity index is 528. The summed E-state index contributed by atoms with van der Waals surface area (Å²) in [4.78, 5) is 6.81. The average Bonchev–Trinajstić information content (AvgIpc) is 2.80. The van der Waals surface area contributed by atoms with Gasteiger partial charge >= 0.3 is 0 Å². The number of ether oxygens (including phenoxy) is 1. The third-order valence-electron chi connectivity index (χ3n) is 4.91. The molecule has 1 fully saturated rings. The first-order valence-corrected chi connectivity index (χ1v) is 7.41. The number of hydrogen-bond acceptors (Lipinski definition) is 4. The molecule has 3 rings (SSSR count). The van der Waals surface area contributed by atoms with Crippen LogP contribution in [0, 0.1) is 5.92 Å². The number of anilines is 1. The van der Waals surface area contributed by atoms with Gasteiger partial charge in [-0.15, -0.1) is 0 Å². The Labute approximate surface area is 120 Å². The molecular weight excluding hydrogens is 250 g/mol. The Morgan fingerprint density at radius 2 is 2.25 bits per heavy atom. The lowest BCUT2D eigenvalue weighted by molar-refractivity contribution is 0.224. The summed E-state index contributed by atoms with van der Waals surface area (Å²) in [6.45, 7) is 3.15. The van der Waals surface area contributed by atoms with E-state index in [1.54, 1.807) is 7.11 Å². The van der Waals surface area contributed by atoms with Crippen LogP contribution in [0.5, 0.6) is 5.75 Å². The Kier molecular flexibility index (Phi) is 3.32. The van der Waals surface area contributed by atoms with Crippen LogP contribution >= 0.6 is 0 Å². The second-order valence-corrected chi connectivity index (χ2v) is 5.96. The maximum Gasteiger partial charge on any atom is 0.196 e. The summed E-state index contributed by atoms with van der Waals surface area (Å²) in [6, 6.07) is 8.13. The molecule has 0 aromatic heterocycles. The highest BCUT2D eigenvalue weighted by Gasteiger charge is 2.48. The molecule has 4 nitrogen and oxygen atoms in total. The molecule has 1 spiro atoms. The molecule has 4 heteroatoms. The maximum atomic E-state index is 6.21. The van der Waals surface area contributed by atoms with Gasteiger partial charge in [-0.1, -0.05) is 25.8 Å². The van der Waals surface area contributed by atoms with E-state index in [-0.39, 0.29) is 5.54 Å². The van der Waals surface area contributed by atoms with Crippen molar-refractivity contribution in [2.45, 2.75) is 38.1 Å². The summed E-state index contributed by atoms with van der Waals surface area (Å²) in [5.74, 6) is 2.11. The minimum atomic E-state index is 0.0642. The summed E-state index contributed by atoms with van der Waals surface area (Å²) in [5, 5.41) is 0. The molecule has 1 aliphatic carbocycles. The number of rotatable bonds is 2. The second kappa shape index (κ2) is 5.00. The maximum absolute atomic E-state index is 6.21. The van der Waals surface area contributed by atoms with Crippen molar-refractivity contribution in [1.82, 2.24) is 0 Å². The van der Waals surface area contributed by atoms with Crippen molar-refractivity contribution in [2.75, 3.05) is 18.6 Å². The van der Waals surface area contributed by atoms with Crippen LogP contribution < -0.4 is 15.4 Å². The summed E-state index contributed by atoms with van der Waals surface area (Å²) in [7, 11) is 1.69. The quantitative estimate of drug-likeness (QED) is 0.901. The molecule has 20 heavy (non-hydrogen) atoms. The molecule has 1 aromatic rings. The van der Waals surface area contributed by atoms with Crippen molar-refractivity contribution in [1.29, 1.82) is 0 Å². The van der Waals surface area contributed by atoms with Crippen LogP contribution in [0.25, 0.3) is 0 Å². The first-order valence-electron chi connectivity index (χ1n) is 7.41. The lowest BCUT2D eigenvalue weighted by Gasteiger charge is -2.46. The monoisotopic (exact) mass is 273 g/mol. The summed E-state index contributed by atoms with van der Waals surface area (Å²) in [5.41, 5.74) is 7.36. The second-order valence-electron chi connectivity index (χ2n) is 5.96. The van der Waals surface area contributed by atoms with Crippen molar-refractivity contribution in [2.24, 2.45) is 16.6 Å². The van der Waals surface area contributed by atoms with E-state index in [0.717, 1.165) is 24.4 Å². The van der Waals surface area contributed by atoms with Crippen molar-refractivity contribution in [3.63, 3.8) is 0 Å². The zero-order chi connectivity index (χ0) is 14.2. The van der Waals surface area contributed by atoms with E-state index in [4.69, 9.17) is 10.5 Å². The van der Waals surface area contributed by atoms with Gasteiger partial charge in [-0.05, 0) is 30.9 Å². The van der Waals surface area contributed by atoms with Gasteiger partial charge in [-0.3, -0.25) is 4.99 Å². The van der Waals surface area contributed by atoms with Crippen LogP contribution in [-0.4, -0.2) is 25.2 Å². The van der Waals surface area contributed by atoms with E-state index >= 15 is 0 Å². The van der Waals surface area contributed by atoms with E-state index < -0.39 is 0 Å². The number of guanidine groups is 1. The van der Waals surface area contributed by atoms with E-state index in [2.05, 4.69) is 28.9 Å². The van der Waals surface area contributed by atoms with Crippen molar-refractivity contribution < 1.29 is 4.74 Å². The van der Waals surface area contributed by atoms with Crippen LogP contribution in [0.15, 0.2) is 29.3 Å². The molecule has 2 N–H and O–H groups in total. The molecule has 0 amide bonds. The van der Waals surface area contributed by atoms with Gasteiger partial charge in [0.15, 0.2) is 5.96 Å². The zero-order valence-corrected chi connectivity index (χ0v) is 12.3. The lowest BCUT2D eigenvalue weighted by atomic mass is 9.73. The minimum absolute atomic E-state index is 0.0642. The van der Waals surface area contributed by atoms with Crippen molar-refractivity contribution >= 4 is 11.6 Å². The molecule has 2 aliphatic rings. The number of hydrogen-bond donors (Lipinski definition) is 1. The number of nitrogens with two attached hydrogens (primary N) is 1. The lowest BCUT2D eigenvalue weighted by Crippen LogP contribution is -2.57. The van der Waals surface area contributed by atoms with Crippen LogP contribution in [0.2, 0.25) is 0 Å². The highest BCUT2D eigenvalue weighted by molar-refractivity contribution is 5.98. The largest absolute Gasteiger partial charge is 0.497 e. The summed E-state index contributed by atoms with van der Waals surface area (Å²) < 4.78 is 5.34. The molecule has 0 bridgehead atoms. The highest BCUT2D eigenvalue weighted by Crippen LogP contribution is 2.43. The van der Waals surface area contributed by atoms with Gasteiger partial charge in [-0.2, -0.15) is 0 Å². The molecule has 1 aliphatic heterocycles. The Hall–Kier alpha value is -1.71. The number of benzene rings is 1. The van der Waals surface area contributed by atoms with E-state index in [9.17, 15) is 0 Å². The average molecular weight is 273 g/mol. The fraction of sp³-hybridized carbons (Fsp3) is 0.562. The van der Waals surface area contributed by atoms with Gasteiger partial charge < -0.3 is 15.4 Å². The third kappa shape index (κ3) is 1.94. The molecule has 0 saturated heterocycles. The van der Waals surface area contributed by atoms with E-state index in [0.29, 0.717) is 11.9 Å². The van der Waals surface area contributed by atoms with Crippen LogP contribution in [-0.2, 0) is 0 Å². The SMILES string of the molecule is COc1cccc(N2C(N)=NCC23CCCCC3C)c1. The van der Waals surface area contributed by atoms with Gasteiger partial charge in [0, 0.05) is 11.8 Å². The first kappa shape index (κ1) is 13.3. The van der Waals surface area contributed by atoms with Crippen molar-refractivity contribution in [3.05, 3.63) is 24.3 Å². The van der Waals surface area contributed by atoms with E-state index in [1.807, 2.05) is 12.1 Å². The van der Waals surface area contributed by atoms with Crippen LogP contribution in [0.1, 0.15) is 32.6 Å². The molecular formula is C16H23N3O. The third-order valence-corrected chi connectivity index (χ3v) is 4.91. The molecule has 0 radical (unpaired) electrons. The first-order chi connectivity index (χ1) is 9.67. The highest BCUT2D eigenvalue weighted by atomic mass is 16.5. The number of methoxy groups -OCH3 is 1. The smallest absolute Gasteiger partial charge is 0.196 e. The molecule has 108 valence electrons. The van der Waals surface area contributed by atoms with Gasteiger partial charge in [0.1, 0.15) is 5.75 Å². The van der Waals surface area contributed by atoms with E-state index in [1.165, 1.54) is 19.3 Å². The Balaban J connectivity index is 2.01. The van der Waals surface area contributed by atoms with Gasteiger partial charge in [0.05, 0.1) is 19.2 Å². The fourth-order valence-electron chi connectivity index (χ4n) is 3.69. The summed E-state index contributed by atoms with van der Waals surface area (Å²) in [6.07, 6.45) is 4.99. The Morgan fingerprint density at radius 3 is 3.00 bits per heavy atom. The standard InChI is InChI=1S/C16H23N3O/c1-12-6-3-4-9-16(12)11-18-15(17)19(16)13-7-5-8-14(10-13)20-2/h5,7-8,10,12H,3-4,6,9,11H2,1-2H3,(H2,17,18). The van der Waals surface area contributed by atoms with Gasteiger partial charge in [0.2, 0.25) is 0 Å².